The Labute approximate surface area is 139 Å². The maximum Gasteiger partial charge on any atom is 0.223 e. The summed E-state index contributed by atoms with van der Waals surface area (Å²) in [5.74, 6) is 1.36. The highest BCUT2D eigenvalue weighted by Gasteiger charge is 2.27. The van der Waals surface area contributed by atoms with E-state index in [-0.39, 0.29) is 17.9 Å². The molecule has 1 saturated heterocycles. The van der Waals surface area contributed by atoms with Crippen LogP contribution in [0.2, 0.25) is 0 Å². The molecule has 1 saturated carbocycles. The van der Waals surface area contributed by atoms with Crippen molar-refractivity contribution in [1.82, 2.24) is 10.2 Å². The van der Waals surface area contributed by atoms with Crippen LogP contribution in [0.4, 0.5) is 0 Å². The summed E-state index contributed by atoms with van der Waals surface area (Å²) in [5, 5.41) is 3.22. The van der Waals surface area contributed by atoms with Gasteiger partial charge in [0.2, 0.25) is 5.91 Å². The molecular weight excluding hydrogens is 288 g/mol. The number of methoxy groups -OCH3 is 1. The van der Waals surface area contributed by atoms with E-state index in [1.165, 1.54) is 31.2 Å². The maximum absolute atomic E-state index is 12.4. The SMILES string of the molecule is COc1cccc([C@H](CNC(=O)C2CCCC2)N2CCCC2)c1. The van der Waals surface area contributed by atoms with E-state index in [9.17, 15) is 4.79 Å². The summed E-state index contributed by atoms with van der Waals surface area (Å²) in [4.78, 5) is 14.9. The molecule has 1 atom stereocenters. The lowest BCUT2D eigenvalue weighted by molar-refractivity contribution is -0.125. The molecule has 0 unspecified atom stereocenters. The van der Waals surface area contributed by atoms with Crippen molar-refractivity contribution in [3.8, 4) is 5.75 Å². The standard InChI is InChI=1S/C19H28N2O2/c1-23-17-10-6-9-16(13-17)18(21-11-4-5-12-21)14-20-19(22)15-7-2-3-8-15/h6,9-10,13,15,18H,2-5,7-8,11-12,14H2,1H3,(H,20,22)/t18-/m0/s1. The van der Waals surface area contributed by atoms with Crippen molar-refractivity contribution in [3.05, 3.63) is 29.8 Å². The molecule has 4 heteroatoms. The normalized spacial score (nSPS) is 20.6. The first-order valence-corrected chi connectivity index (χ1v) is 8.93. The van der Waals surface area contributed by atoms with E-state index in [1.807, 2.05) is 12.1 Å². The molecule has 1 amide bonds. The molecule has 0 bridgehead atoms. The minimum Gasteiger partial charge on any atom is -0.497 e. The van der Waals surface area contributed by atoms with Crippen molar-refractivity contribution >= 4 is 5.91 Å². The average Bonchev–Trinajstić information content (AvgIpc) is 3.29. The van der Waals surface area contributed by atoms with Crippen LogP contribution >= 0.6 is 0 Å². The van der Waals surface area contributed by atoms with E-state index in [4.69, 9.17) is 4.74 Å². The minimum atomic E-state index is 0.236. The Morgan fingerprint density at radius 1 is 1.26 bits per heavy atom. The molecule has 2 aliphatic rings. The van der Waals surface area contributed by atoms with Crippen LogP contribution < -0.4 is 10.1 Å². The third-order valence-electron chi connectivity index (χ3n) is 5.26. The first-order valence-electron chi connectivity index (χ1n) is 8.93. The molecule has 0 spiro atoms. The second-order valence-electron chi connectivity index (χ2n) is 6.76. The van der Waals surface area contributed by atoms with Gasteiger partial charge >= 0.3 is 0 Å². The Hall–Kier alpha value is -1.55. The van der Waals surface area contributed by atoms with Gasteiger partial charge in [-0.3, -0.25) is 9.69 Å². The summed E-state index contributed by atoms with van der Waals surface area (Å²) < 4.78 is 5.37. The number of rotatable bonds is 6. The van der Waals surface area contributed by atoms with Gasteiger partial charge in [-0.25, -0.2) is 0 Å². The molecular formula is C19H28N2O2. The molecule has 0 aromatic heterocycles. The molecule has 1 N–H and O–H groups in total. The monoisotopic (exact) mass is 316 g/mol. The van der Waals surface area contributed by atoms with Gasteiger partial charge in [0.1, 0.15) is 5.75 Å². The number of carbonyl (C=O) groups excluding carboxylic acids is 1. The third kappa shape index (κ3) is 4.05. The molecule has 1 aromatic carbocycles. The van der Waals surface area contributed by atoms with E-state index >= 15 is 0 Å². The maximum atomic E-state index is 12.4. The van der Waals surface area contributed by atoms with Gasteiger partial charge in [0, 0.05) is 12.5 Å². The molecule has 1 aliphatic carbocycles. The number of nitrogens with zero attached hydrogens (tertiary/aromatic N) is 1. The van der Waals surface area contributed by atoms with Crippen LogP contribution in [0.25, 0.3) is 0 Å². The third-order valence-corrected chi connectivity index (χ3v) is 5.26. The predicted octanol–water partition coefficient (Wildman–Crippen LogP) is 3.14. The number of carbonyl (C=O) groups is 1. The van der Waals surface area contributed by atoms with Crippen molar-refractivity contribution in [2.75, 3.05) is 26.7 Å². The van der Waals surface area contributed by atoms with Gasteiger partial charge in [0.25, 0.3) is 0 Å². The van der Waals surface area contributed by atoms with Gasteiger partial charge in [-0.05, 0) is 56.5 Å². The topological polar surface area (TPSA) is 41.6 Å². The van der Waals surface area contributed by atoms with Gasteiger partial charge in [-0.2, -0.15) is 0 Å². The van der Waals surface area contributed by atoms with Gasteiger partial charge in [0.05, 0.1) is 13.2 Å². The van der Waals surface area contributed by atoms with E-state index < -0.39 is 0 Å². The summed E-state index contributed by atoms with van der Waals surface area (Å²) in [6.45, 7) is 2.92. The van der Waals surface area contributed by atoms with E-state index in [2.05, 4.69) is 22.3 Å². The predicted molar refractivity (Wildman–Crippen MR) is 91.5 cm³/mol. The van der Waals surface area contributed by atoms with E-state index in [0.717, 1.165) is 31.7 Å². The lowest BCUT2D eigenvalue weighted by Gasteiger charge is -2.29. The molecule has 126 valence electrons. The molecule has 0 radical (unpaired) electrons. The number of amides is 1. The highest BCUT2D eigenvalue weighted by Crippen LogP contribution is 2.28. The minimum absolute atomic E-state index is 0.236. The smallest absolute Gasteiger partial charge is 0.223 e. The molecule has 1 aromatic rings. The first kappa shape index (κ1) is 16.3. The number of nitrogens with one attached hydrogen (secondary N) is 1. The zero-order valence-electron chi connectivity index (χ0n) is 14.1. The zero-order chi connectivity index (χ0) is 16.1. The number of likely N-dealkylation sites (tertiary alicyclic amines) is 1. The van der Waals surface area contributed by atoms with Crippen molar-refractivity contribution in [2.45, 2.75) is 44.6 Å². The summed E-state index contributed by atoms with van der Waals surface area (Å²) in [6, 6.07) is 8.51. The second-order valence-corrected chi connectivity index (χ2v) is 6.76. The van der Waals surface area contributed by atoms with Crippen LogP contribution in [0.1, 0.15) is 50.1 Å². The highest BCUT2D eigenvalue weighted by molar-refractivity contribution is 5.78. The molecule has 3 rings (SSSR count). The summed E-state index contributed by atoms with van der Waals surface area (Å²) in [7, 11) is 1.70. The van der Waals surface area contributed by atoms with Gasteiger partial charge in [-0.1, -0.05) is 25.0 Å². The number of ether oxygens (including phenoxy) is 1. The molecule has 1 aliphatic heterocycles. The van der Waals surface area contributed by atoms with Crippen LogP contribution in [0.3, 0.4) is 0 Å². The Balaban J connectivity index is 1.68. The van der Waals surface area contributed by atoms with Crippen LogP contribution in [0.15, 0.2) is 24.3 Å². The number of benzene rings is 1. The van der Waals surface area contributed by atoms with Crippen molar-refractivity contribution < 1.29 is 9.53 Å². The van der Waals surface area contributed by atoms with Crippen LogP contribution in [-0.2, 0) is 4.79 Å². The first-order chi connectivity index (χ1) is 11.3. The molecule has 23 heavy (non-hydrogen) atoms. The van der Waals surface area contributed by atoms with Crippen LogP contribution in [0, 0.1) is 5.92 Å². The Bertz CT molecular complexity index is 520. The van der Waals surface area contributed by atoms with Gasteiger partial charge in [-0.15, -0.1) is 0 Å². The number of hydrogen-bond acceptors (Lipinski definition) is 3. The lowest BCUT2D eigenvalue weighted by Crippen LogP contribution is -2.38. The van der Waals surface area contributed by atoms with Gasteiger partial charge in [0.15, 0.2) is 0 Å². The Kier molecular flexibility index (Phi) is 5.55. The average molecular weight is 316 g/mol. The Morgan fingerprint density at radius 3 is 2.70 bits per heavy atom. The second kappa shape index (κ2) is 7.82. The van der Waals surface area contributed by atoms with E-state index in [1.54, 1.807) is 7.11 Å². The summed E-state index contributed by atoms with van der Waals surface area (Å²) in [5.41, 5.74) is 1.23. The molecule has 4 nitrogen and oxygen atoms in total. The quantitative estimate of drug-likeness (QED) is 0.876. The molecule has 2 fully saturated rings. The van der Waals surface area contributed by atoms with Crippen LogP contribution in [0.5, 0.6) is 5.75 Å². The number of hydrogen-bond donors (Lipinski definition) is 1. The van der Waals surface area contributed by atoms with Gasteiger partial charge < -0.3 is 10.1 Å². The largest absolute Gasteiger partial charge is 0.497 e. The fraction of sp³-hybridized carbons (Fsp3) is 0.632. The Morgan fingerprint density at radius 2 is 2.00 bits per heavy atom. The van der Waals surface area contributed by atoms with Crippen molar-refractivity contribution in [1.29, 1.82) is 0 Å². The summed E-state index contributed by atoms with van der Waals surface area (Å²) >= 11 is 0. The highest BCUT2D eigenvalue weighted by atomic mass is 16.5. The van der Waals surface area contributed by atoms with Crippen molar-refractivity contribution in [2.24, 2.45) is 5.92 Å². The lowest BCUT2D eigenvalue weighted by atomic mass is 10.0. The summed E-state index contributed by atoms with van der Waals surface area (Å²) in [6.07, 6.45) is 7.00. The van der Waals surface area contributed by atoms with Crippen molar-refractivity contribution in [3.63, 3.8) is 0 Å². The zero-order valence-corrected chi connectivity index (χ0v) is 14.1. The molecule has 1 heterocycles. The fourth-order valence-electron chi connectivity index (χ4n) is 3.89. The van der Waals surface area contributed by atoms with Crippen LogP contribution in [-0.4, -0.2) is 37.6 Å². The fourth-order valence-corrected chi connectivity index (χ4v) is 3.89. The van der Waals surface area contributed by atoms with E-state index in [0.29, 0.717) is 6.54 Å².